The summed E-state index contributed by atoms with van der Waals surface area (Å²) in [5.41, 5.74) is 0. The maximum atomic E-state index is 3.23. The zero-order chi connectivity index (χ0) is 4.83. The number of rotatable bonds is 3. The van der Waals surface area contributed by atoms with Crippen molar-refractivity contribution in [1.82, 2.24) is 5.32 Å². The molecule has 0 aromatic heterocycles. The molecule has 0 bridgehead atoms. The molecule has 0 aliphatic rings. The fourth-order valence-electron chi connectivity index (χ4n) is 0.279. The van der Waals surface area contributed by atoms with Crippen LogP contribution in [-0.2, 0) is 0 Å². The van der Waals surface area contributed by atoms with Gasteiger partial charge in [-0.1, -0.05) is 0 Å². The molecule has 2 radical (unpaired) electrons. The predicted octanol–water partition coefficient (Wildman–Crippen LogP) is -0.0850. The van der Waals surface area contributed by atoms with Crippen LogP contribution in [0, 0.1) is 0 Å². The van der Waals surface area contributed by atoms with Crippen molar-refractivity contribution in [3.8, 4) is 0 Å². The van der Waals surface area contributed by atoms with Gasteiger partial charge in [0.15, 0.2) is 0 Å². The SMILES string of the molecule is CCNC[CH2][SnH]. The van der Waals surface area contributed by atoms with Gasteiger partial charge in [-0.15, -0.1) is 0 Å². The van der Waals surface area contributed by atoms with E-state index in [4.69, 9.17) is 0 Å². The minimum atomic E-state index is 1.13. The van der Waals surface area contributed by atoms with Crippen LogP contribution in [0.1, 0.15) is 6.92 Å². The van der Waals surface area contributed by atoms with Crippen molar-refractivity contribution in [3.63, 3.8) is 0 Å². The van der Waals surface area contributed by atoms with Gasteiger partial charge in [-0.3, -0.25) is 0 Å². The molecule has 0 aliphatic heterocycles. The molecule has 0 aromatic rings. The van der Waals surface area contributed by atoms with Crippen LogP contribution in [0.4, 0.5) is 0 Å². The summed E-state index contributed by atoms with van der Waals surface area (Å²) in [6.07, 6.45) is 0. The first-order valence-corrected chi connectivity index (χ1v) is 4.65. The number of nitrogens with one attached hydrogen (secondary N) is 1. The molecule has 2 heteroatoms. The molecule has 36 valence electrons. The third kappa shape index (κ3) is 4.76. The van der Waals surface area contributed by atoms with Gasteiger partial charge in [0.1, 0.15) is 0 Å². The van der Waals surface area contributed by atoms with E-state index in [1.54, 1.807) is 0 Å². The quantitative estimate of drug-likeness (QED) is 0.486. The average molecular weight is 192 g/mol. The molecule has 0 saturated carbocycles. The van der Waals surface area contributed by atoms with Gasteiger partial charge in [0.25, 0.3) is 0 Å². The second-order valence-corrected chi connectivity index (χ2v) is 2.79. The van der Waals surface area contributed by atoms with Crippen LogP contribution in [0.15, 0.2) is 0 Å². The van der Waals surface area contributed by atoms with Gasteiger partial charge < -0.3 is 0 Å². The van der Waals surface area contributed by atoms with E-state index in [-0.39, 0.29) is 0 Å². The summed E-state index contributed by atoms with van der Waals surface area (Å²) in [5.74, 6) is 0. The van der Waals surface area contributed by atoms with Crippen molar-refractivity contribution >= 4 is 22.5 Å². The van der Waals surface area contributed by atoms with E-state index >= 15 is 0 Å². The zero-order valence-corrected chi connectivity index (χ0v) is 7.49. The first kappa shape index (κ1) is 6.76. The third-order valence-electron chi connectivity index (χ3n) is 0.571. The first-order chi connectivity index (χ1) is 2.91. The van der Waals surface area contributed by atoms with Crippen molar-refractivity contribution in [2.45, 2.75) is 11.4 Å². The summed E-state index contributed by atoms with van der Waals surface area (Å²) >= 11 is 1.39. The Balaban J connectivity index is 2.34. The molecule has 1 N–H and O–H groups in total. The standard InChI is InChI=1S/C4H10N.Sn.H/c1-3-5-4-2;;/h5H,1,3-4H2,2H3;;. The summed E-state index contributed by atoms with van der Waals surface area (Å²) in [4.78, 5) is 0. The van der Waals surface area contributed by atoms with E-state index in [2.05, 4.69) is 12.2 Å². The molecule has 1 nitrogen and oxygen atoms in total. The fourth-order valence-corrected chi connectivity index (χ4v) is 0.861. The fraction of sp³-hybridized carbons (Fsp3) is 1.00. The van der Waals surface area contributed by atoms with Crippen molar-refractivity contribution in [1.29, 1.82) is 0 Å². The van der Waals surface area contributed by atoms with E-state index in [0.717, 1.165) is 6.54 Å². The monoisotopic (exact) mass is 193 g/mol. The number of hydrogen-bond acceptors (Lipinski definition) is 1. The Morgan fingerprint density at radius 2 is 2.33 bits per heavy atom. The molecule has 0 amide bonds. The normalized spacial score (nSPS) is 9.00. The first-order valence-electron chi connectivity index (χ1n) is 2.32. The zero-order valence-electron chi connectivity index (χ0n) is 4.20. The van der Waals surface area contributed by atoms with E-state index in [0.29, 0.717) is 0 Å². The van der Waals surface area contributed by atoms with Gasteiger partial charge >= 0.3 is 52.3 Å². The van der Waals surface area contributed by atoms with Crippen molar-refractivity contribution in [2.24, 2.45) is 0 Å². The van der Waals surface area contributed by atoms with Gasteiger partial charge in [0.2, 0.25) is 0 Å². The van der Waals surface area contributed by atoms with Gasteiger partial charge in [0.05, 0.1) is 0 Å². The minimum absolute atomic E-state index is 1.13. The van der Waals surface area contributed by atoms with Crippen LogP contribution < -0.4 is 5.32 Å². The molecule has 0 aliphatic carbocycles. The maximum absolute atomic E-state index is 3.23. The van der Waals surface area contributed by atoms with Crippen molar-refractivity contribution < 1.29 is 0 Å². The molecule has 0 fully saturated rings. The Morgan fingerprint density at radius 1 is 1.67 bits per heavy atom. The number of hydrogen-bond donors (Lipinski definition) is 1. The Labute approximate surface area is 52.6 Å². The molecule has 0 spiro atoms. The molecular formula is C4H11NSn. The predicted molar refractivity (Wildman–Crippen MR) is 30.5 cm³/mol. The summed E-state index contributed by atoms with van der Waals surface area (Å²) < 4.78 is 1.37. The molecule has 0 aromatic carbocycles. The van der Waals surface area contributed by atoms with Crippen molar-refractivity contribution in [2.75, 3.05) is 13.1 Å². The van der Waals surface area contributed by atoms with Crippen LogP contribution in [0.2, 0.25) is 4.44 Å². The molecule has 0 rings (SSSR count). The van der Waals surface area contributed by atoms with Crippen molar-refractivity contribution in [3.05, 3.63) is 0 Å². The van der Waals surface area contributed by atoms with Crippen LogP contribution in [-0.4, -0.2) is 35.6 Å². The second kappa shape index (κ2) is 5.76. The van der Waals surface area contributed by atoms with E-state index < -0.39 is 0 Å². The molecule has 0 saturated heterocycles. The van der Waals surface area contributed by atoms with Crippen LogP contribution in [0.5, 0.6) is 0 Å². The summed E-state index contributed by atoms with van der Waals surface area (Å²) in [5, 5.41) is 3.23. The van der Waals surface area contributed by atoms with E-state index in [9.17, 15) is 0 Å². The molecule has 0 heterocycles. The van der Waals surface area contributed by atoms with Gasteiger partial charge in [0, 0.05) is 0 Å². The Morgan fingerprint density at radius 3 is 2.50 bits per heavy atom. The van der Waals surface area contributed by atoms with Gasteiger partial charge in [-0.05, 0) is 0 Å². The second-order valence-electron chi connectivity index (χ2n) is 1.14. The van der Waals surface area contributed by atoms with E-state index in [1.807, 2.05) is 0 Å². The molecule has 6 heavy (non-hydrogen) atoms. The topological polar surface area (TPSA) is 12.0 Å². The Kier molecular flexibility index (Phi) is 6.49. The van der Waals surface area contributed by atoms with Crippen LogP contribution in [0.3, 0.4) is 0 Å². The van der Waals surface area contributed by atoms with Crippen LogP contribution in [0.25, 0.3) is 0 Å². The third-order valence-corrected chi connectivity index (χ3v) is 1.40. The average Bonchev–Trinajstić information content (AvgIpc) is 1.61. The van der Waals surface area contributed by atoms with Gasteiger partial charge in [-0.2, -0.15) is 0 Å². The Hall–Kier alpha value is 0.759. The summed E-state index contributed by atoms with van der Waals surface area (Å²) in [6.45, 7) is 4.48. The molecule has 0 unspecified atom stereocenters. The van der Waals surface area contributed by atoms with Crippen LogP contribution >= 0.6 is 0 Å². The summed E-state index contributed by atoms with van der Waals surface area (Å²) in [6, 6.07) is 0. The summed E-state index contributed by atoms with van der Waals surface area (Å²) in [7, 11) is 0. The molecular weight excluding hydrogens is 181 g/mol. The van der Waals surface area contributed by atoms with E-state index in [1.165, 1.54) is 33.5 Å². The van der Waals surface area contributed by atoms with Gasteiger partial charge in [-0.25, -0.2) is 0 Å². The Bertz CT molecular complexity index is 19.5. The molecule has 0 atom stereocenters.